The number of hydrogen-bond acceptors (Lipinski definition) is 4. The van der Waals surface area contributed by atoms with Gasteiger partial charge in [-0.1, -0.05) is 12.1 Å². The van der Waals surface area contributed by atoms with Crippen molar-refractivity contribution in [3.05, 3.63) is 48.5 Å². The maximum Gasteiger partial charge on any atom is 0.250 e. The van der Waals surface area contributed by atoms with Gasteiger partial charge in [0.05, 0.1) is 16.7 Å². The van der Waals surface area contributed by atoms with Gasteiger partial charge in [-0.25, -0.2) is 4.98 Å². The van der Waals surface area contributed by atoms with Gasteiger partial charge in [-0.2, -0.15) is 0 Å². The molecule has 3 aromatic rings. The SMILES string of the molecule is CCn1c(/N=N/c2ccc(O)cc2)nc2ccccc21. The van der Waals surface area contributed by atoms with Crippen LogP contribution in [0, 0.1) is 0 Å². The molecule has 0 unspecified atom stereocenters. The first-order valence-electron chi connectivity index (χ1n) is 6.44. The molecule has 0 fully saturated rings. The van der Waals surface area contributed by atoms with Crippen molar-refractivity contribution in [1.29, 1.82) is 0 Å². The third-order valence-corrected chi connectivity index (χ3v) is 3.06. The number of azo groups is 1. The highest BCUT2D eigenvalue weighted by Crippen LogP contribution is 2.24. The summed E-state index contributed by atoms with van der Waals surface area (Å²) in [5.41, 5.74) is 2.64. The number of fused-ring (bicyclic) bond motifs is 1. The number of para-hydroxylation sites is 2. The zero-order valence-electron chi connectivity index (χ0n) is 11.1. The molecule has 5 nitrogen and oxygen atoms in total. The molecule has 1 heterocycles. The average Bonchev–Trinajstić information content (AvgIpc) is 2.84. The van der Waals surface area contributed by atoms with E-state index in [9.17, 15) is 5.11 Å². The number of aromatic nitrogens is 2. The first-order valence-corrected chi connectivity index (χ1v) is 6.44. The number of imidazole rings is 1. The molecular formula is C15H14N4O. The number of nitrogens with zero attached hydrogens (tertiary/aromatic N) is 4. The zero-order chi connectivity index (χ0) is 13.9. The molecular weight excluding hydrogens is 252 g/mol. The molecule has 0 aliphatic heterocycles. The van der Waals surface area contributed by atoms with E-state index < -0.39 is 0 Å². The van der Waals surface area contributed by atoms with Gasteiger partial charge in [0.25, 0.3) is 0 Å². The topological polar surface area (TPSA) is 62.8 Å². The van der Waals surface area contributed by atoms with Crippen molar-refractivity contribution in [2.24, 2.45) is 10.2 Å². The molecule has 1 aromatic heterocycles. The minimum absolute atomic E-state index is 0.213. The number of phenolic OH excluding ortho intramolecular Hbond substituents is 1. The van der Waals surface area contributed by atoms with Crippen molar-refractivity contribution in [3.8, 4) is 5.75 Å². The maximum absolute atomic E-state index is 9.23. The summed E-state index contributed by atoms with van der Waals surface area (Å²) in [5, 5.41) is 17.6. The molecule has 0 bridgehead atoms. The van der Waals surface area contributed by atoms with Gasteiger partial charge in [-0.3, -0.25) is 0 Å². The molecule has 100 valence electrons. The Morgan fingerprint density at radius 2 is 1.80 bits per heavy atom. The van der Waals surface area contributed by atoms with E-state index in [0.29, 0.717) is 11.6 Å². The summed E-state index contributed by atoms with van der Waals surface area (Å²) in [5.74, 6) is 0.798. The monoisotopic (exact) mass is 266 g/mol. The Kier molecular flexibility index (Phi) is 3.16. The molecule has 1 N–H and O–H groups in total. The van der Waals surface area contributed by atoms with Gasteiger partial charge in [0, 0.05) is 6.54 Å². The number of aryl methyl sites for hydroxylation is 1. The molecule has 2 aromatic carbocycles. The Morgan fingerprint density at radius 3 is 2.55 bits per heavy atom. The summed E-state index contributed by atoms with van der Waals surface area (Å²) in [6, 6.07) is 14.5. The fourth-order valence-corrected chi connectivity index (χ4v) is 2.07. The number of hydrogen-bond donors (Lipinski definition) is 1. The van der Waals surface area contributed by atoms with Crippen molar-refractivity contribution < 1.29 is 5.11 Å². The van der Waals surface area contributed by atoms with Gasteiger partial charge < -0.3 is 9.67 Å². The summed E-state index contributed by atoms with van der Waals surface area (Å²) in [7, 11) is 0. The van der Waals surface area contributed by atoms with E-state index in [1.165, 1.54) is 0 Å². The molecule has 0 radical (unpaired) electrons. The first kappa shape index (κ1) is 12.3. The molecule has 0 aliphatic carbocycles. The van der Waals surface area contributed by atoms with Crippen LogP contribution in [0.2, 0.25) is 0 Å². The number of benzene rings is 2. The van der Waals surface area contributed by atoms with Gasteiger partial charge >= 0.3 is 0 Å². The third kappa shape index (κ3) is 2.25. The van der Waals surface area contributed by atoms with Crippen LogP contribution in [0.1, 0.15) is 6.92 Å². The van der Waals surface area contributed by atoms with E-state index in [-0.39, 0.29) is 5.75 Å². The smallest absolute Gasteiger partial charge is 0.250 e. The molecule has 20 heavy (non-hydrogen) atoms. The molecule has 0 aliphatic rings. The quantitative estimate of drug-likeness (QED) is 0.723. The van der Waals surface area contributed by atoms with Crippen LogP contribution in [-0.4, -0.2) is 14.7 Å². The Balaban J connectivity index is 1.99. The van der Waals surface area contributed by atoms with Crippen LogP contribution in [0.25, 0.3) is 11.0 Å². The minimum Gasteiger partial charge on any atom is -0.508 e. The van der Waals surface area contributed by atoms with Crippen LogP contribution in [0.3, 0.4) is 0 Å². The molecule has 0 amide bonds. The lowest BCUT2D eigenvalue weighted by Crippen LogP contribution is -1.92. The van der Waals surface area contributed by atoms with Gasteiger partial charge in [-0.05, 0) is 43.3 Å². The van der Waals surface area contributed by atoms with Crippen molar-refractivity contribution in [2.45, 2.75) is 13.5 Å². The lowest BCUT2D eigenvalue weighted by atomic mass is 10.3. The standard InChI is InChI=1S/C15H14N4O/c1-2-19-14-6-4-3-5-13(14)16-15(19)18-17-11-7-9-12(20)10-8-11/h3-10,20H,2H2,1H3/b18-17+. The second kappa shape index (κ2) is 5.13. The summed E-state index contributed by atoms with van der Waals surface area (Å²) in [6.07, 6.45) is 0. The highest BCUT2D eigenvalue weighted by Gasteiger charge is 2.07. The van der Waals surface area contributed by atoms with Crippen molar-refractivity contribution in [2.75, 3.05) is 0 Å². The van der Waals surface area contributed by atoms with E-state index in [2.05, 4.69) is 15.2 Å². The Labute approximate surface area is 116 Å². The van der Waals surface area contributed by atoms with Crippen LogP contribution in [0.15, 0.2) is 58.8 Å². The fraction of sp³-hybridized carbons (Fsp3) is 0.133. The zero-order valence-corrected chi connectivity index (χ0v) is 11.1. The number of phenols is 1. The Morgan fingerprint density at radius 1 is 1.05 bits per heavy atom. The van der Waals surface area contributed by atoms with Gasteiger partial charge in [0.15, 0.2) is 0 Å². The van der Waals surface area contributed by atoms with Crippen LogP contribution in [0.5, 0.6) is 5.75 Å². The van der Waals surface area contributed by atoms with E-state index in [0.717, 1.165) is 17.6 Å². The van der Waals surface area contributed by atoms with E-state index in [4.69, 9.17) is 0 Å². The normalized spacial score (nSPS) is 11.4. The van der Waals surface area contributed by atoms with Crippen LogP contribution in [-0.2, 0) is 6.54 Å². The largest absolute Gasteiger partial charge is 0.508 e. The molecule has 0 spiro atoms. The predicted octanol–water partition coefficient (Wildman–Crippen LogP) is 4.18. The van der Waals surface area contributed by atoms with E-state index in [1.54, 1.807) is 24.3 Å². The molecule has 0 saturated heterocycles. The summed E-state index contributed by atoms with van der Waals surface area (Å²) < 4.78 is 2.01. The molecule has 5 heteroatoms. The van der Waals surface area contributed by atoms with Crippen molar-refractivity contribution >= 4 is 22.7 Å². The number of aromatic hydroxyl groups is 1. The third-order valence-electron chi connectivity index (χ3n) is 3.06. The van der Waals surface area contributed by atoms with E-state index in [1.807, 2.05) is 35.8 Å². The molecule has 0 atom stereocenters. The second-order valence-electron chi connectivity index (χ2n) is 4.36. The van der Waals surface area contributed by atoms with E-state index >= 15 is 0 Å². The van der Waals surface area contributed by atoms with Crippen LogP contribution in [0.4, 0.5) is 11.6 Å². The Bertz CT molecular complexity index is 759. The van der Waals surface area contributed by atoms with Gasteiger partial charge in [0.2, 0.25) is 5.95 Å². The predicted molar refractivity (Wildman–Crippen MR) is 77.7 cm³/mol. The number of rotatable bonds is 3. The Hall–Kier alpha value is -2.69. The van der Waals surface area contributed by atoms with Crippen LogP contribution < -0.4 is 0 Å². The lowest BCUT2D eigenvalue weighted by Gasteiger charge is -2.00. The maximum atomic E-state index is 9.23. The lowest BCUT2D eigenvalue weighted by molar-refractivity contribution is 0.475. The second-order valence-corrected chi connectivity index (χ2v) is 4.36. The summed E-state index contributed by atoms with van der Waals surface area (Å²) in [6.45, 7) is 2.83. The minimum atomic E-state index is 0.213. The van der Waals surface area contributed by atoms with Crippen molar-refractivity contribution in [1.82, 2.24) is 9.55 Å². The highest BCUT2D eigenvalue weighted by molar-refractivity contribution is 5.77. The average molecular weight is 266 g/mol. The van der Waals surface area contributed by atoms with Crippen molar-refractivity contribution in [3.63, 3.8) is 0 Å². The molecule has 3 rings (SSSR count). The fourth-order valence-electron chi connectivity index (χ4n) is 2.07. The molecule has 0 saturated carbocycles. The van der Waals surface area contributed by atoms with Crippen LogP contribution >= 0.6 is 0 Å². The highest BCUT2D eigenvalue weighted by atomic mass is 16.3. The summed E-state index contributed by atoms with van der Waals surface area (Å²) in [4.78, 5) is 4.47. The van der Waals surface area contributed by atoms with Gasteiger partial charge in [-0.15, -0.1) is 10.2 Å². The summed E-state index contributed by atoms with van der Waals surface area (Å²) >= 11 is 0. The first-order chi connectivity index (χ1) is 9.78. The van der Waals surface area contributed by atoms with Gasteiger partial charge in [0.1, 0.15) is 5.75 Å².